The maximum absolute atomic E-state index is 13.3. The number of ether oxygens (including phenoxy) is 1. The van der Waals surface area contributed by atoms with Crippen molar-refractivity contribution in [2.75, 3.05) is 5.32 Å². The molecule has 32 heavy (non-hydrogen) atoms. The minimum absolute atomic E-state index is 0.154. The molecule has 0 spiro atoms. The Morgan fingerprint density at radius 3 is 2.41 bits per heavy atom. The second kappa shape index (κ2) is 8.90. The summed E-state index contributed by atoms with van der Waals surface area (Å²) in [5.41, 5.74) is 0.973. The number of halogens is 2. The average molecular weight is 469 g/mol. The van der Waals surface area contributed by atoms with E-state index in [1.54, 1.807) is 18.2 Å². The quantitative estimate of drug-likeness (QED) is 0.250. The van der Waals surface area contributed by atoms with Crippen molar-refractivity contribution in [1.82, 2.24) is 4.98 Å². The Morgan fingerprint density at radius 2 is 1.69 bits per heavy atom. The highest BCUT2D eigenvalue weighted by atomic mass is 35.5. The van der Waals surface area contributed by atoms with Crippen molar-refractivity contribution in [2.45, 2.75) is 6.10 Å². The fourth-order valence-corrected chi connectivity index (χ4v) is 3.72. The summed E-state index contributed by atoms with van der Waals surface area (Å²) in [6.45, 7) is 0. The number of aromatic nitrogens is 1. The lowest BCUT2D eigenvalue weighted by atomic mass is 9.85. The molecule has 0 radical (unpaired) electrons. The van der Waals surface area contributed by atoms with Gasteiger partial charge in [-0.25, -0.2) is 4.79 Å². The van der Waals surface area contributed by atoms with Gasteiger partial charge in [-0.3, -0.25) is 19.4 Å². The predicted molar refractivity (Wildman–Crippen MR) is 117 cm³/mol. The fraction of sp³-hybridized carbons (Fsp3) is 0.0870. The van der Waals surface area contributed by atoms with Gasteiger partial charge in [0.2, 0.25) is 5.78 Å². The van der Waals surface area contributed by atoms with Crippen LogP contribution in [0.1, 0.15) is 32.4 Å². The lowest BCUT2D eigenvalue weighted by molar-refractivity contribution is -0.138. The van der Waals surface area contributed by atoms with E-state index in [4.69, 9.17) is 27.9 Å². The highest BCUT2D eigenvalue weighted by Gasteiger charge is 2.46. The molecule has 160 valence electrons. The first-order valence-electron chi connectivity index (χ1n) is 9.41. The smallest absolute Gasteiger partial charge is 0.339 e. The number of amides is 1. The number of nitrogens with one attached hydrogen (secondary N) is 1. The molecule has 3 aromatic rings. The third kappa shape index (κ3) is 4.12. The number of benzene rings is 2. The van der Waals surface area contributed by atoms with Gasteiger partial charge in [-0.05, 0) is 36.4 Å². The number of pyridine rings is 1. The number of cyclic esters (lactones) is 1. The molecule has 0 saturated carbocycles. The van der Waals surface area contributed by atoms with E-state index in [9.17, 15) is 19.2 Å². The Labute approximate surface area is 192 Å². The van der Waals surface area contributed by atoms with E-state index in [2.05, 4.69) is 10.3 Å². The number of esters is 1. The van der Waals surface area contributed by atoms with Crippen LogP contribution in [-0.4, -0.2) is 28.4 Å². The molecule has 0 aliphatic carbocycles. The van der Waals surface area contributed by atoms with Crippen LogP contribution in [0.3, 0.4) is 0 Å². The molecule has 0 bridgehead atoms. The van der Waals surface area contributed by atoms with Crippen LogP contribution in [0.4, 0.5) is 5.69 Å². The van der Waals surface area contributed by atoms with Crippen LogP contribution in [0.5, 0.6) is 0 Å². The third-order valence-electron chi connectivity index (χ3n) is 4.96. The molecule has 4 rings (SSSR count). The topological polar surface area (TPSA) is 102 Å². The maximum Gasteiger partial charge on any atom is 0.339 e. The van der Waals surface area contributed by atoms with Crippen molar-refractivity contribution in [3.05, 3.63) is 93.7 Å². The minimum atomic E-state index is -1.59. The summed E-state index contributed by atoms with van der Waals surface area (Å²) >= 11 is 11.8. The van der Waals surface area contributed by atoms with Gasteiger partial charge in [-0.15, -0.1) is 0 Å². The molecular formula is C23H14Cl2N2O5. The van der Waals surface area contributed by atoms with E-state index >= 15 is 0 Å². The highest BCUT2D eigenvalue weighted by molar-refractivity contribution is 6.46. The molecule has 1 N–H and O–H groups in total. The number of hydrogen-bond donors (Lipinski definition) is 1. The van der Waals surface area contributed by atoms with Gasteiger partial charge in [0, 0.05) is 29.2 Å². The van der Waals surface area contributed by atoms with E-state index < -0.39 is 35.5 Å². The van der Waals surface area contributed by atoms with Crippen molar-refractivity contribution >= 4 is 52.3 Å². The molecule has 7 nitrogen and oxygen atoms in total. The first kappa shape index (κ1) is 21.7. The number of carbonyl (C=O) groups excluding carboxylic acids is 4. The molecule has 0 saturated heterocycles. The summed E-state index contributed by atoms with van der Waals surface area (Å²) < 4.78 is 5.38. The second-order valence-electron chi connectivity index (χ2n) is 6.94. The summed E-state index contributed by atoms with van der Waals surface area (Å²) in [5, 5.41) is 2.87. The first-order chi connectivity index (χ1) is 15.4. The zero-order valence-corrected chi connectivity index (χ0v) is 17.8. The van der Waals surface area contributed by atoms with Crippen molar-refractivity contribution in [1.29, 1.82) is 0 Å². The van der Waals surface area contributed by atoms with Gasteiger partial charge in [-0.2, -0.15) is 0 Å². The van der Waals surface area contributed by atoms with Gasteiger partial charge in [0.1, 0.15) is 12.0 Å². The number of ketones is 2. The number of nitrogens with zero attached hydrogens (tertiary/aromatic N) is 1. The zero-order valence-electron chi connectivity index (χ0n) is 16.2. The monoisotopic (exact) mass is 468 g/mol. The lowest BCUT2D eigenvalue weighted by Crippen LogP contribution is -2.38. The van der Waals surface area contributed by atoms with Crippen molar-refractivity contribution < 1.29 is 23.9 Å². The minimum Gasteiger partial charge on any atom is -0.453 e. The van der Waals surface area contributed by atoms with Gasteiger partial charge in [-0.1, -0.05) is 41.4 Å². The van der Waals surface area contributed by atoms with Gasteiger partial charge in [0.05, 0.1) is 15.6 Å². The standard InChI is InChI=1S/C23H14Cl2N2O5/c24-16-6-5-13(11-17(16)25)27-22(30)20(29)18(19(28)12-7-9-26-10-8-12)21-14-3-1-2-4-15(14)23(31)32-21/h1-11,18,21H,(H,27,30)/t18-,21+/m0/s1. The van der Waals surface area contributed by atoms with Crippen molar-refractivity contribution in [2.24, 2.45) is 5.92 Å². The fourth-order valence-electron chi connectivity index (χ4n) is 3.42. The SMILES string of the molecule is O=C(Nc1ccc(Cl)c(Cl)c1)C(=O)[C@H](C(=O)c1ccncc1)[C@@H]1OC(=O)c2ccccc21. The lowest BCUT2D eigenvalue weighted by Gasteiger charge is -2.21. The van der Waals surface area contributed by atoms with Gasteiger partial charge >= 0.3 is 5.97 Å². The molecule has 1 aliphatic rings. The van der Waals surface area contributed by atoms with Gasteiger partial charge < -0.3 is 10.1 Å². The molecule has 2 atom stereocenters. The van der Waals surface area contributed by atoms with E-state index in [-0.39, 0.29) is 26.9 Å². The maximum atomic E-state index is 13.3. The Hall–Kier alpha value is -3.55. The van der Waals surface area contributed by atoms with Gasteiger partial charge in [0.15, 0.2) is 5.78 Å². The highest BCUT2D eigenvalue weighted by Crippen LogP contribution is 2.38. The Balaban J connectivity index is 1.70. The normalized spacial score (nSPS) is 15.4. The molecule has 2 aromatic carbocycles. The van der Waals surface area contributed by atoms with Crippen LogP contribution in [-0.2, 0) is 14.3 Å². The van der Waals surface area contributed by atoms with Crippen LogP contribution in [0, 0.1) is 5.92 Å². The van der Waals surface area contributed by atoms with Crippen LogP contribution in [0.2, 0.25) is 10.0 Å². The van der Waals surface area contributed by atoms with Crippen LogP contribution in [0.25, 0.3) is 0 Å². The summed E-state index contributed by atoms with van der Waals surface area (Å²) in [5.74, 6) is -5.05. The van der Waals surface area contributed by atoms with E-state index in [0.717, 1.165) is 0 Å². The number of carbonyl (C=O) groups is 4. The largest absolute Gasteiger partial charge is 0.453 e. The molecule has 1 aromatic heterocycles. The molecule has 9 heteroatoms. The summed E-state index contributed by atoms with van der Waals surface area (Å²) in [6.07, 6.45) is 1.53. The number of fused-ring (bicyclic) bond motifs is 1. The van der Waals surface area contributed by atoms with Crippen molar-refractivity contribution in [3.63, 3.8) is 0 Å². The summed E-state index contributed by atoms with van der Waals surface area (Å²) in [4.78, 5) is 55.5. The van der Waals surface area contributed by atoms with Crippen LogP contribution >= 0.6 is 23.2 Å². The number of anilines is 1. The third-order valence-corrected chi connectivity index (χ3v) is 5.69. The molecule has 2 heterocycles. The Kier molecular flexibility index (Phi) is 6.03. The summed E-state index contributed by atoms with van der Waals surface area (Å²) in [7, 11) is 0. The first-order valence-corrected chi connectivity index (χ1v) is 10.2. The van der Waals surface area contributed by atoms with E-state index in [1.165, 1.54) is 48.8 Å². The summed E-state index contributed by atoms with van der Waals surface area (Å²) in [6, 6.07) is 13.5. The average Bonchev–Trinajstić information content (AvgIpc) is 3.13. The molecule has 1 amide bonds. The molecule has 0 unspecified atom stereocenters. The Bertz CT molecular complexity index is 1250. The zero-order chi connectivity index (χ0) is 22.8. The number of Topliss-reactive ketones (excluding diaryl/α,β-unsaturated/α-hetero) is 2. The van der Waals surface area contributed by atoms with Gasteiger partial charge in [0.25, 0.3) is 5.91 Å². The van der Waals surface area contributed by atoms with E-state index in [0.29, 0.717) is 5.56 Å². The van der Waals surface area contributed by atoms with Crippen LogP contribution in [0.15, 0.2) is 67.0 Å². The number of hydrogen-bond acceptors (Lipinski definition) is 6. The second-order valence-corrected chi connectivity index (χ2v) is 7.75. The number of rotatable bonds is 6. The molecule has 0 fully saturated rings. The Morgan fingerprint density at radius 1 is 0.969 bits per heavy atom. The van der Waals surface area contributed by atoms with E-state index in [1.807, 2.05) is 0 Å². The molecule has 1 aliphatic heterocycles. The van der Waals surface area contributed by atoms with Crippen LogP contribution < -0.4 is 5.32 Å². The predicted octanol–water partition coefficient (Wildman–Crippen LogP) is 4.31. The molecular weight excluding hydrogens is 455 g/mol. The van der Waals surface area contributed by atoms with Crippen molar-refractivity contribution in [3.8, 4) is 0 Å².